The van der Waals surface area contributed by atoms with Crippen LogP contribution in [-0.4, -0.2) is 22.7 Å². The van der Waals surface area contributed by atoms with E-state index in [1.165, 1.54) is 11.8 Å². The number of hydrogen-bond acceptors (Lipinski definition) is 4. The molecular weight excluding hydrogens is 416 g/mol. The highest BCUT2D eigenvalue weighted by Gasteiger charge is 2.06. The molecule has 0 unspecified atom stereocenters. The highest BCUT2D eigenvalue weighted by molar-refractivity contribution is 8.00. The van der Waals surface area contributed by atoms with Crippen LogP contribution >= 0.6 is 24.0 Å². The summed E-state index contributed by atoms with van der Waals surface area (Å²) in [6.45, 7) is 0. The van der Waals surface area contributed by atoms with Crippen molar-refractivity contribution in [1.29, 1.82) is 0 Å². The van der Waals surface area contributed by atoms with Gasteiger partial charge in [-0.2, -0.15) is 0 Å². The van der Waals surface area contributed by atoms with Crippen LogP contribution in [-0.2, 0) is 4.79 Å². The normalized spacial score (nSPS) is 10.1. The van der Waals surface area contributed by atoms with Gasteiger partial charge in [0.1, 0.15) is 0 Å². The molecule has 0 aliphatic carbocycles. The van der Waals surface area contributed by atoms with Crippen LogP contribution in [0.25, 0.3) is 0 Å². The summed E-state index contributed by atoms with van der Waals surface area (Å²) in [6.07, 6.45) is 0. The summed E-state index contributed by atoms with van der Waals surface area (Å²) in [5, 5.41) is 9.54. The summed E-state index contributed by atoms with van der Waals surface area (Å²) in [5.41, 5.74) is 7.95. The Balaban J connectivity index is 1.50. The maximum Gasteiger partial charge on any atom is 0.248 e. The summed E-state index contributed by atoms with van der Waals surface area (Å²) in [5.74, 6) is -0.407. The van der Waals surface area contributed by atoms with E-state index in [1.807, 2.05) is 54.6 Å². The fraction of sp³-hybridized carbons (Fsp3) is 0.0455. The van der Waals surface area contributed by atoms with Crippen LogP contribution in [0.1, 0.15) is 10.4 Å². The lowest BCUT2D eigenvalue weighted by Gasteiger charge is -2.11. The van der Waals surface area contributed by atoms with Gasteiger partial charge in [-0.25, -0.2) is 0 Å². The minimum absolute atomic E-state index is 0.147. The molecule has 0 atom stereocenters. The fourth-order valence-electron chi connectivity index (χ4n) is 2.54. The van der Waals surface area contributed by atoms with Gasteiger partial charge in [0, 0.05) is 27.5 Å². The third kappa shape index (κ3) is 6.61. The molecule has 0 aliphatic heterocycles. The van der Waals surface area contributed by atoms with E-state index in [4.69, 9.17) is 18.0 Å². The molecule has 0 saturated carbocycles. The molecule has 0 heterocycles. The zero-order valence-electron chi connectivity index (χ0n) is 15.9. The molecule has 3 aromatic carbocycles. The minimum atomic E-state index is -0.504. The molecule has 0 aliphatic rings. The van der Waals surface area contributed by atoms with Gasteiger partial charge < -0.3 is 21.7 Å². The smallest absolute Gasteiger partial charge is 0.248 e. The van der Waals surface area contributed by atoms with Gasteiger partial charge >= 0.3 is 0 Å². The molecule has 0 radical (unpaired) electrons. The predicted octanol–water partition coefficient (Wildman–Crippen LogP) is 4.33. The quantitative estimate of drug-likeness (QED) is 0.325. The molecule has 8 heteroatoms. The van der Waals surface area contributed by atoms with Gasteiger partial charge in [0.05, 0.1) is 5.75 Å². The van der Waals surface area contributed by atoms with Gasteiger partial charge in [0.15, 0.2) is 5.11 Å². The average molecular weight is 437 g/mol. The molecule has 3 rings (SSSR count). The molecular formula is C22H20N4O2S2. The largest absolute Gasteiger partial charge is 0.366 e. The standard InChI is InChI=1S/C22H20N4O2S2/c23-21(28)15-9-11-17(12-10-15)24-20(27)14-30-19-8-4-7-18(13-19)26-22(29)25-16-5-2-1-3-6-16/h1-13H,14H2,(H2,23,28)(H,24,27)(H2,25,26,29). The SMILES string of the molecule is NC(=O)c1ccc(NC(=O)CSc2cccc(NC(=S)Nc3ccccc3)c2)cc1. The Labute approximate surface area is 184 Å². The number of para-hydroxylation sites is 1. The molecule has 0 fully saturated rings. The number of anilines is 3. The Kier molecular flexibility index (Phi) is 7.42. The molecule has 152 valence electrons. The van der Waals surface area contributed by atoms with E-state index in [9.17, 15) is 9.59 Å². The van der Waals surface area contributed by atoms with Crippen LogP contribution < -0.4 is 21.7 Å². The van der Waals surface area contributed by atoms with Crippen LogP contribution in [0.2, 0.25) is 0 Å². The van der Waals surface area contributed by atoms with Crippen LogP contribution in [0.5, 0.6) is 0 Å². The van der Waals surface area contributed by atoms with Crippen molar-refractivity contribution < 1.29 is 9.59 Å². The van der Waals surface area contributed by atoms with Crippen molar-refractivity contribution in [3.8, 4) is 0 Å². The van der Waals surface area contributed by atoms with Crippen molar-refractivity contribution in [2.45, 2.75) is 4.90 Å². The summed E-state index contributed by atoms with van der Waals surface area (Å²) in [7, 11) is 0. The highest BCUT2D eigenvalue weighted by Crippen LogP contribution is 2.22. The Hall–Kier alpha value is -3.36. The first-order valence-electron chi connectivity index (χ1n) is 9.05. The molecule has 6 nitrogen and oxygen atoms in total. The zero-order chi connectivity index (χ0) is 21.3. The van der Waals surface area contributed by atoms with Crippen molar-refractivity contribution >= 4 is 58.0 Å². The number of benzene rings is 3. The molecule has 30 heavy (non-hydrogen) atoms. The fourth-order valence-corrected chi connectivity index (χ4v) is 3.53. The van der Waals surface area contributed by atoms with Crippen molar-refractivity contribution in [2.75, 3.05) is 21.7 Å². The maximum atomic E-state index is 12.2. The van der Waals surface area contributed by atoms with Crippen LogP contribution in [0, 0.1) is 0 Å². The predicted molar refractivity (Wildman–Crippen MR) is 127 cm³/mol. The van der Waals surface area contributed by atoms with Gasteiger partial charge in [-0.05, 0) is 66.8 Å². The number of thiocarbonyl (C=S) groups is 1. The molecule has 0 spiro atoms. The van der Waals surface area contributed by atoms with Gasteiger partial charge in [0.2, 0.25) is 11.8 Å². The van der Waals surface area contributed by atoms with Gasteiger partial charge in [-0.15, -0.1) is 11.8 Å². The van der Waals surface area contributed by atoms with Crippen LogP contribution in [0.3, 0.4) is 0 Å². The Morgan fingerprint density at radius 3 is 2.13 bits per heavy atom. The van der Waals surface area contributed by atoms with E-state index >= 15 is 0 Å². The van der Waals surface area contributed by atoms with E-state index in [1.54, 1.807) is 24.3 Å². The van der Waals surface area contributed by atoms with Crippen molar-refractivity contribution in [1.82, 2.24) is 0 Å². The molecule has 0 saturated heterocycles. The summed E-state index contributed by atoms with van der Waals surface area (Å²) in [4.78, 5) is 24.2. The van der Waals surface area contributed by atoms with Crippen molar-refractivity contribution in [2.24, 2.45) is 5.73 Å². The third-order valence-corrected chi connectivity index (χ3v) is 5.14. The Morgan fingerprint density at radius 2 is 1.43 bits per heavy atom. The average Bonchev–Trinajstić information content (AvgIpc) is 2.73. The second-order valence-electron chi connectivity index (χ2n) is 6.25. The molecule has 3 aromatic rings. The number of carbonyl (C=O) groups is 2. The number of nitrogens with one attached hydrogen (secondary N) is 3. The second-order valence-corrected chi connectivity index (χ2v) is 7.71. The molecule has 5 N–H and O–H groups in total. The first-order chi connectivity index (χ1) is 14.5. The number of thioether (sulfide) groups is 1. The highest BCUT2D eigenvalue weighted by atomic mass is 32.2. The number of primary amides is 1. The van der Waals surface area contributed by atoms with E-state index in [-0.39, 0.29) is 11.7 Å². The summed E-state index contributed by atoms with van der Waals surface area (Å²) in [6, 6.07) is 23.8. The third-order valence-electron chi connectivity index (χ3n) is 3.95. The summed E-state index contributed by atoms with van der Waals surface area (Å²) >= 11 is 6.75. The lowest BCUT2D eigenvalue weighted by molar-refractivity contribution is -0.113. The molecule has 2 amide bonds. The van der Waals surface area contributed by atoms with E-state index < -0.39 is 5.91 Å². The van der Waals surface area contributed by atoms with Crippen LogP contribution in [0.15, 0.2) is 83.8 Å². The van der Waals surface area contributed by atoms with Crippen molar-refractivity contribution in [3.05, 3.63) is 84.4 Å². The number of rotatable bonds is 7. The van der Waals surface area contributed by atoms with E-state index in [0.717, 1.165) is 16.3 Å². The van der Waals surface area contributed by atoms with Gasteiger partial charge in [-0.1, -0.05) is 24.3 Å². The Bertz CT molecular complexity index is 1040. The van der Waals surface area contributed by atoms with Crippen molar-refractivity contribution in [3.63, 3.8) is 0 Å². The summed E-state index contributed by atoms with van der Waals surface area (Å²) < 4.78 is 0. The van der Waals surface area contributed by atoms with Gasteiger partial charge in [0.25, 0.3) is 0 Å². The molecule has 0 aromatic heterocycles. The molecule has 0 bridgehead atoms. The maximum absolute atomic E-state index is 12.2. The Morgan fingerprint density at radius 1 is 0.800 bits per heavy atom. The number of carbonyl (C=O) groups excluding carboxylic acids is 2. The topological polar surface area (TPSA) is 96.2 Å². The van der Waals surface area contributed by atoms with E-state index in [0.29, 0.717) is 16.4 Å². The van der Waals surface area contributed by atoms with Crippen LogP contribution in [0.4, 0.5) is 17.1 Å². The number of hydrogen-bond donors (Lipinski definition) is 4. The second kappa shape index (κ2) is 10.4. The minimum Gasteiger partial charge on any atom is -0.366 e. The first kappa shape index (κ1) is 21.4. The monoisotopic (exact) mass is 436 g/mol. The lowest BCUT2D eigenvalue weighted by atomic mass is 10.2. The zero-order valence-corrected chi connectivity index (χ0v) is 17.6. The number of amides is 2. The first-order valence-corrected chi connectivity index (χ1v) is 10.4. The van der Waals surface area contributed by atoms with Gasteiger partial charge in [-0.3, -0.25) is 9.59 Å². The lowest BCUT2D eigenvalue weighted by Crippen LogP contribution is -2.19. The van der Waals surface area contributed by atoms with E-state index in [2.05, 4.69) is 16.0 Å². The number of nitrogens with two attached hydrogens (primary N) is 1.